The monoisotopic (exact) mass is 292 g/mol. The van der Waals surface area contributed by atoms with E-state index in [1.165, 1.54) is 0 Å². The van der Waals surface area contributed by atoms with Crippen molar-refractivity contribution in [1.29, 1.82) is 0 Å². The molecule has 0 fully saturated rings. The maximum absolute atomic E-state index is 10.4. The lowest BCUT2D eigenvalue weighted by Gasteiger charge is -2.10. The molecule has 0 aliphatic carbocycles. The number of nitrogens with two attached hydrogens (primary N) is 2. The molecule has 1 aromatic rings. The normalized spacial score (nSPS) is 12.7. The van der Waals surface area contributed by atoms with E-state index >= 15 is 0 Å². The molecule has 0 aliphatic heterocycles. The van der Waals surface area contributed by atoms with Gasteiger partial charge < -0.3 is 16.2 Å². The molecule has 0 bridgehead atoms. The largest absolute Gasteiger partial charge is 0.370 e. The minimum atomic E-state index is -0.481. The summed E-state index contributed by atoms with van der Waals surface area (Å²) in [6.45, 7) is 2.21. The van der Waals surface area contributed by atoms with E-state index in [2.05, 4.69) is 15.9 Å². The van der Waals surface area contributed by atoms with Gasteiger partial charge in [-0.25, -0.2) is 0 Å². The maximum Gasteiger partial charge on any atom is 0.243 e. The first-order chi connectivity index (χ1) is 7.00. The number of amides is 1. The SMILES string of the molecule is Cc1sc(Br)cc1C(N)COCC(N)=O. The lowest BCUT2D eigenvalue weighted by Crippen LogP contribution is -2.23. The number of hydrogen-bond donors (Lipinski definition) is 2. The molecule has 1 aromatic heterocycles. The van der Waals surface area contributed by atoms with Gasteiger partial charge in [-0.05, 0) is 34.5 Å². The first kappa shape index (κ1) is 12.6. The van der Waals surface area contributed by atoms with E-state index in [0.717, 1.165) is 14.2 Å². The van der Waals surface area contributed by atoms with Crippen molar-refractivity contribution in [3.05, 3.63) is 20.3 Å². The molecule has 0 radical (unpaired) electrons. The van der Waals surface area contributed by atoms with Crippen molar-refractivity contribution in [3.8, 4) is 0 Å². The van der Waals surface area contributed by atoms with E-state index < -0.39 is 5.91 Å². The minimum Gasteiger partial charge on any atom is -0.370 e. The fourth-order valence-corrected chi connectivity index (χ4v) is 2.98. The summed E-state index contributed by atoms with van der Waals surface area (Å²) in [5.41, 5.74) is 11.9. The first-order valence-corrected chi connectivity index (χ1v) is 5.99. The number of primary amides is 1. The van der Waals surface area contributed by atoms with E-state index in [-0.39, 0.29) is 12.6 Å². The number of ether oxygens (including phenoxy) is 1. The van der Waals surface area contributed by atoms with Gasteiger partial charge in [0.2, 0.25) is 5.91 Å². The van der Waals surface area contributed by atoms with Crippen LogP contribution < -0.4 is 11.5 Å². The molecule has 0 saturated heterocycles. The van der Waals surface area contributed by atoms with Gasteiger partial charge in [0.25, 0.3) is 0 Å². The van der Waals surface area contributed by atoms with Crippen molar-refractivity contribution in [2.75, 3.05) is 13.2 Å². The number of carbonyl (C=O) groups excluding carboxylic acids is 1. The third-order valence-electron chi connectivity index (χ3n) is 1.87. The van der Waals surface area contributed by atoms with Crippen LogP contribution >= 0.6 is 27.3 Å². The summed E-state index contributed by atoms with van der Waals surface area (Å²) >= 11 is 5.02. The van der Waals surface area contributed by atoms with Gasteiger partial charge in [-0.3, -0.25) is 4.79 Å². The number of halogens is 1. The van der Waals surface area contributed by atoms with Crippen LogP contribution in [-0.2, 0) is 9.53 Å². The Balaban J connectivity index is 2.50. The fraction of sp³-hybridized carbons (Fsp3) is 0.444. The van der Waals surface area contributed by atoms with Crippen LogP contribution in [0.15, 0.2) is 9.85 Å². The standard InChI is InChI=1S/C9H13BrN2O2S/c1-5-6(2-8(10)15-5)7(11)3-14-4-9(12)13/h2,7H,3-4,11H2,1H3,(H2,12,13). The second-order valence-electron chi connectivity index (χ2n) is 3.15. The summed E-state index contributed by atoms with van der Waals surface area (Å²) in [7, 11) is 0. The number of carbonyl (C=O) groups is 1. The second-order valence-corrected chi connectivity index (χ2v) is 5.79. The molecule has 4 N–H and O–H groups in total. The Morgan fingerprint density at radius 3 is 2.87 bits per heavy atom. The lowest BCUT2D eigenvalue weighted by atomic mass is 10.1. The average Bonchev–Trinajstić information content (AvgIpc) is 2.44. The zero-order chi connectivity index (χ0) is 11.4. The molecule has 1 rings (SSSR count). The third kappa shape index (κ3) is 3.90. The summed E-state index contributed by atoms with van der Waals surface area (Å²) < 4.78 is 6.11. The highest BCUT2D eigenvalue weighted by atomic mass is 79.9. The molecule has 4 nitrogen and oxygen atoms in total. The third-order valence-corrected chi connectivity index (χ3v) is 3.44. The molecule has 0 spiro atoms. The van der Waals surface area contributed by atoms with Gasteiger partial charge in [0.05, 0.1) is 16.4 Å². The first-order valence-electron chi connectivity index (χ1n) is 4.38. The summed E-state index contributed by atoms with van der Waals surface area (Å²) in [6.07, 6.45) is 0. The van der Waals surface area contributed by atoms with Crippen molar-refractivity contribution in [2.24, 2.45) is 11.5 Å². The second kappa shape index (κ2) is 5.60. The molecule has 84 valence electrons. The van der Waals surface area contributed by atoms with Crippen molar-refractivity contribution < 1.29 is 9.53 Å². The van der Waals surface area contributed by atoms with Gasteiger partial charge in [-0.1, -0.05) is 0 Å². The number of hydrogen-bond acceptors (Lipinski definition) is 4. The Bertz CT molecular complexity index is 354. The highest BCUT2D eigenvalue weighted by Crippen LogP contribution is 2.29. The topological polar surface area (TPSA) is 78.3 Å². The van der Waals surface area contributed by atoms with Crippen LogP contribution in [0.4, 0.5) is 0 Å². The van der Waals surface area contributed by atoms with Gasteiger partial charge in [-0.2, -0.15) is 0 Å². The van der Waals surface area contributed by atoms with E-state index in [0.29, 0.717) is 6.61 Å². The maximum atomic E-state index is 10.4. The van der Waals surface area contributed by atoms with Gasteiger partial charge in [0.1, 0.15) is 6.61 Å². The quantitative estimate of drug-likeness (QED) is 0.859. The van der Waals surface area contributed by atoms with Crippen LogP contribution in [0.3, 0.4) is 0 Å². The molecule has 15 heavy (non-hydrogen) atoms. The van der Waals surface area contributed by atoms with Crippen LogP contribution in [0.5, 0.6) is 0 Å². The van der Waals surface area contributed by atoms with Crippen LogP contribution in [0.25, 0.3) is 0 Å². The Labute approximate surface area is 101 Å². The highest BCUT2D eigenvalue weighted by molar-refractivity contribution is 9.11. The number of thiophene rings is 1. The van der Waals surface area contributed by atoms with Gasteiger partial charge in [-0.15, -0.1) is 11.3 Å². The van der Waals surface area contributed by atoms with Crippen LogP contribution in [0.1, 0.15) is 16.5 Å². The highest BCUT2D eigenvalue weighted by Gasteiger charge is 2.12. The van der Waals surface area contributed by atoms with Gasteiger partial charge in [0, 0.05) is 4.88 Å². The van der Waals surface area contributed by atoms with E-state index in [4.69, 9.17) is 16.2 Å². The number of aryl methyl sites for hydroxylation is 1. The van der Waals surface area contributed by atoms with E-state index in [9.17, 15) is 4.79 Å². The molecule has 0 saturated carbocycles. The predicted molar refractivity (Wildman–Crippen MR) is 63.7 cm³/mol. The average molecular weight is 293 g/mol. The summed E-state index contributed by atoms with van der Waals surface area (Å²) in [4.78, 5) is 11.6. The molecule has 1 atom stereocenters. The van der Waals surface area contributed by atoms with E-state index in [1.807, 2.05) is 13.0 Å². The Kier molecular flexibility index (Phi) is 4.72. The summed E-state index contributed by atoms with van der Waals surface area (Å²) in [5, 5.41) is 0. The van der Waals surface area contributed by atoms with Crippen molar-refractivity contribution >= 4 is 33.2 Å². The lowest BCUT2D eigenvalue weighted by molar-refractivity contribution is -0.122. The molecule has 6 heteroatoms. The molecular formula is C9H13BrN2O2S. The Morgan fingerprint density at radius 1 is 1.73 bits per heavy atom. The van der Waals surface area contributed by atoms with E-state index in [1.54, 1.807) is 11.3 Å². The van der Waals surface area contributed by atoms with Crippen LogP contribution in [0, 0.1) is 6.92 Å². The zero-order valence-electron chi connectivity index (χ0n) is 8.33. The molecule has 1 unspecified atom stereocenters. The molecule has 0 aliphatic rings. The zero-order valence-corrected chi connectivity index (χ0v) is 10.7. The predicted octanol–water partition coefficient (Wildman–Crippen LogP) is 1.32. The van der Waals surface area contributed by atoms with Crippen molar-refractivity contribution in [3.63, 3.8) is 0 Å². The molecule has 1 heterocycles. The van der Waals surface area contributed by atoms with Crippen molar-refractivity contribution in [2.45, 2.75) is 13.0 Å². The Morgan fingerprint density at radius 2 is 2.40 bits per heavy atom. The smallest absolute Gasteiger partial charge is 0.243 e. The minimum absolute atomic E-state index is 0.0853. The van der Waals surface area contributed by atoms with Crippen LogP contribution in [-0.4, -0.2) is 19.1 Å². The van der Waals surface area contributed by atoms with Crippen molar-refractivity contribution in [1.82, 2.24) is 0 Å². The Hall–Kier alpha value is -0.430. The summed E-state index contributed by atoms with van der Waals surface area (Å²) in [6, 6.07) is 1.75. The van der Waals surface area contributed by atoms with Crippen LogP contribution in [0.2, 0.25) is 0 Å². The molecular weight excluding hydrogens is 280 g/mol. The summed E-state index contributed by atoms with van der Waals surface area (Å²) in [5.74, 6) is -0.481. The number of rotatable bonds is 5. The fourth-order valence-electron chi connectivity index (χ4n) is 1.20. The molecule has 0 aromatic carbocycles. The van der Waals surface area contributed by atoms with Gasteiger partial charge >= 0.3 is 0 Å². The molecule has 1 amide bonds. The van der Waals surface area contributed by atoms with Gasteiger partial charge in [0.15, 0.2) is 0 Å².